The van der Waals surface area contributed by atoms with Gasteiger partial charge in [0.1, 0.15) is 6.07 Å². The monoisotopic (exact) mass is 547 g/mol. The Balaban J connectivity index is 1.62. The van der Waals surface area contributed by atoms with E-state index < -0.39 is 10.8 Å². The maximum Gasteiger partial charge on any atom is 0.305 e. The molecule has 5 rings (SSSR count). The third kappa shape index (κ3) is 3.87. The highest BCUT2D eigenvalue weighted by Crippen LogP contribution is 2.75. The van der Waals surface area contributed by atoms with Gasteiger partial charge in [-0.1, -0.05) is 60.1 Å². The highest BCUT2D eigenvalue weighted by atomic mass is 16.5. The van der Waals surface area contributed by atoms with Crippen molar-refractivity contribution in [3.8, 4) is 6.07 Å². The Kier molecular flexibility index (Phi) is 6.69. The minimum atomic E-state index is -0.653. The Morgan fingerprint density at radius 1 is 1.02 bits per heavy atom. The van der Waals surface area contributed by atoms with Gasteiger partial charge < -0.3 is 4.74 Å². The van der Waals surface area contributed by atoms with Crippen molar-refractivity contribution in [2.24, 2.45) is 50.2 Å². The van der Waals surface area contributed by atoms with Crippen LogP contribution >= 0.6 is 0 Å². The molecule has 5 aliphatic rings. The van der Waals surface area contributed by atoms with Crippen LogP contribution in [0, 0.1) is 61.6 Å². The van der Waals surface area contributed by atoms with E-state index in [0.717, 1.165) is 56.9 Å². The first-order valence-electron chi connectivity index (χ1n) is 15.6. The van der Waals surface area contributed by atoms with E-state index in [1.54, 1.807) is 0 Å². The number of Topliss-reactive ketones (excluding diaryl/α,β-unsaturated/α-hetero) is 1. The third-order valence-electron chi connectivity index (χ3n) is 13.2. The van der Waals surface area contributed by atoms with Crippen molar-refractivity contribution in [1.82, 2.24) is 0 Å². The molecule has 7 unspecified atom stereocenters. The van der Waals surface area contributed by atoms with E-state index in [1.807, 2.05) is 32.9 Å². The summed E-state index contributed by atoms with van der Waals surface area (Å²) in [5.41, 5.74) is -0.0735. The molecule has 0 aromatic heterocycles. The van der Waals surface area contributed by atoms with Gasteiger partial charge in [-0.2, -0.15) is 5.26 Å². The predicted molar refractivity (Wildman–Crippen MR) is 155 cm³/mol. The van der Waals surface area contributed by atoms with Crippen LogP contribution in [0.3, 0.4) is 0 Å². The fraction of sp³-hybridized carbons (Fsp3) is 0.771. The lowest BCUT2D eigenvalue weighted by molar-refractivity contribution is -0.173. The first-order chi connectivity index (χ1) is 18.5. The lowest BCUT2D eigenvalue weighted by Crippen LogP contribution is -2.64. The first kappa shape index (κ1) is 29.3. The molecule has 3 saturated carbocycles. The summed E-state index contributed by atoms with van der Waals surface area (Å²) in [5.74, 6) is 0.223. The Labute approximate surface area is 241 Å². The molecule has 0 saturated heterocycles. The second-order valence-electron chi connectivity index (χ2n) is 15.9. The zero-order chi connectivity index (χ0) is 29.5. The molecule has 0 aromatic rings. The van der Waals surface area contributed by atoms with Crippen LogP contribution in [0.2, 0.25) is 0 Å². The van der Waals surface area contributed by atoms with Gasteiger partial charge in [0.15, 0.2) is 11.6 Å². The van der Waals surface area contributed by atoms with Crippen LogP contribution in [0.15, 0.2) is 23.3 Å². The minimum Gasteiger partial charge on any atom is -0.466 e. The molecule has 5 aliphatic carbocycles. The minimum absolute atomic E-state index is 0.0158. The highest BCUT2D eigenvalue weighted by molar-refractivity contribution is 6.04. The van der Waals surface area contributed by atoms with E-state index in [9.17, 15) is 19.6 Å². The number of fused-ring (bicyclic) bond motifs is 7. The Morgan fingerprint density at radius 3 is 2.35 bits per heavy atom. The van der Waals surface area contributed by atoms with E-state index in [1.165, 1.54) is 0 Å². The molecule has 5 nitrogen and oxygen atoms in total. The van der Waals surface area contributed by atoms with Gasteiger partial charge in [0.25, 0.3) is 0 Å². The second-order valence-corrected chi connectivity index (χ2v) is 15.9. The molecule has 40 heavy (non-hydrogen) atoms. The predicted octanol–water partition coefficient (Wildman–Crippen LogP) is 7.55. The second kappa shape index (κ2) is 9.14. The number of nitriles is 1. The summed E-state index contributed by atoms with van der Waals surface area (Å²) in [4.78, 5) is 40.3. The lowest BCUT2D eigenvalue weighted by atomic mass is 9.34. The van der Waals surface area contributed by atoms with Gasteiger partial charge in [0, 0.05) is 23.2 Å². The van der Waals surface area contributed by atoms with Crippen LogP contribution in [0.1, 0.15) is 113 Å². The molecule has 218 valence electrons. The van der Waals surface area contributed by atoms with Crippen molar-refractivity contribution < 1.29 is 19.1 Å². The fourth-order valence-electron chi connectivity index (χ4n) is 10.8. The lowest BCUT2D eigenvalue weighted by Gasteiger charge is -2.69. The molecule has 0 heterocycles. The maximum absolute atomic E-state index is 14.6. The number of carbonyl (C=O) groups is 3. The number of allylic oxidation sites excluding steroid dienone is 4. The normalized spacial score (nSPS) is 43.1. The Hall–Kier alpha value is -2.22. The average molecular weight is 548 g/mol. The molecule has 0 aliphatic heterocycles. The summed E-state index contributed by atoms with van der Waals surface area (Å²) in [6.07, 6.45) is 12.1. The molecule has 3 fully saturated rings. The Bertz CT molecular complexity index is 1250. The summed E-state index contributed by atoms with van der Waals surface area (Å²) in [6.45, 7) is 17.8. The first-order valence-corrected chi connectivity index (χ1v) is 15.6. The van der Waals surface area contributed by atoms with E-state index in [4.69, 9.17) is 4.74 Å². The quantitative estimate of drug-likeness (QED) is 0.339. The van der Waals surface area contributed by atoms with Crippen molar-refractivity contribution in [3.63, 3.8) is 0 Å². The summed E-state index contributed by atoms with van der Waals surface area (Å²) < 4.78 is 5.32. The summed E-state index contributed by atoms with van der Waals surface area (Å²) in [6, 6.07) is 2.20. The molecular weight excluding hydrogens is 498 g/mol. The maximum atomic E-state index is 14.6. The van der Waals surface area contributed by atoms with Gasteiger partial charge in [-0.05, 0) is 97.9 Å². The van der Waals surface area contributed by atoms with Crippen LogP contribution in [0.5, 0.6) is 0 Å². The molecule has 0 bridgehead atoms. The average Bonchev–Trinajstić information content (AvgIpc) is 2.87. The molecule has 0 aromatic carbocycles. The number of ketones is 2. The van der Waals surface area contributed by atoms with Crippen LogP contribution < -0.4 is 0 Å². The van der Waals surface area contributed by atoms with Crippen molar-refractivity contribution in [2.75, 3.05) is 6.61 Å². The number of nitrogens with zero attached hydrogens (tertiary/aromatic N) is 1. The molecule has 5 heteroatoms. The van der Waals surface area contributed by atoms with Crippen LogP contribution in [0.25, 0.3) is 0 Å². The van der Waals surface area contributed by atoms with Crippen LogP contribution in [0.4, 0.5) is 0 Å². The smallest absolute Gasteiger partial charge is 0.305 e. The number of carbonyl (C=O) groups excluding carboxylic acids is 3. The molecule has 7 atom stereocenters. The van der Waals surface area contributed by atoms with Gasteiger partial charge in [-0.3, -0.25) is 14.4 Å². The van der Waals surface area contributed by atoms with Crippen LogP contribution in [-0.2, 0) is 19.1 Å². The van der Waals surface area contributed by atoms with Gasteiger partial charge >= 0.3 is 5.97 Å². The van der Waals surface area contributed by atoms with E-state index in [2.05, 4.69) is 40.7 Å². The van der Waals surface area contributed by atoms with E-state index >= 15 is 0 Å². The van der Waals surface area contributed by atoms with Gasteiger partial charge in [-0.15, -0.1) is 0 Å². The molecule has 0 amide bonds. The number of esters is 1. The number of hydrogen-bond acceptors (Lipinski definition) is 5. The molecule has 0 radical (unpaired) electrons. The van der Waals surface area contributed by atoms with Gasteiger partial charge in [-0.25, -0.2) is 0 Å². The molecule has 0 N–H and O–H groups in total. The highest BCUT2D eigenvalue weighted by Gasteiger charge is 2.69. The Morgan fingerprint density at radius 2 is 1.70 bits per heavy atom. The van der Waals surface area contributed by atoms with E-state index in [-0.39, 0.29) is 62.5 Å². The van der Waals surface area contributed by atoms with Gasteiger partial charge in [0.05, 0.1) is 12.2 Å². The van der Waals surface area contributed by atoms with Crippen molar-refractivity contribution in [1.29, 1.82) is 5.26 Å². The third-order valence-corrected chi connectivity index (χ3v) is 13.2. The SMILES string of the molecule is CCOC(=O)CCC12CCC(C)(C)CC1C1C(=O)C=C3C4(C)C=C(C#N)C(=O)C(C)(C)C4CCC3(C)C1(C)CC2. The summed E-state index contributed by atoms with van der Waals surface area (Å²) in [7, 11) is 0. The standard InChI is InChI=1S/C35H49NO4/c1-9-40-27(38)11-13-35-16-14-30(2,3)20-23(35)28-24(37)18-26-32(6)19-22(21-36)29(39)31(4,5)25(32)10-12-33(26,7)34(28,8)15-17-35/h18-19,23,25,28H,9-17,20H2,1-8H3. The fourth-order valence-corrected chi connectivity index (χ4v) is 10.8. The van der Waals surface area contributed by atoms with E-state index in [0.29, 0.717) is 13.0 Å². The van der Waals surface area contributed by atoms with Crippen molar-refractivity contribution in [3.05, 3.63) is 23.3 Å². The van der Waals surface area contributed by atoms with Gasteiger partial charge in [0.2, 0.25) is 0 Å². The topological polar surface area (TPSA) is 84.2 Å². The summed E-state index contributed by atoms with van der Waals surface area (Å²) in [5, 5.41) is 9.92. The summed E-state index contributed by atoms with van der Waals surface area (Å²) >= 11 is 0. The van der Waals surface area contributed by atoms with Crippen LogP contribution in [-0.4, -0.2) is 24.1 Å². The molecule has 0 spiro atoms. The van der Waals surface area contributed by atoms with Crippen molar-refractivity contribution in [2.45, 2.75) is 113 Å². The largest absolute Gasteiger partial charge is 0.466 e. The zero-order valence-corrected chi connectivity index (χ0v) is 26.0. The molecular formula is C35H49NO4. The zero-order valence-electron chi connectivity index (χ0n) is 26.0. The number of hydrogen-bond donors (Lipinski definition) is 0. The number of rotatable bonds is 4. The number of ether oxygens (including phenoxy) is 1. The van der Waals surface area contributed by atoms with Crippen molar-refractivity contribution >= 4 is 17.5 Å².